The Kier molecular flexibility index (Phi) is 2.78. The molecule has 1 aromatic rings. The van der Waals surface area contributed by atoms with Gasteiger partial charge in [0.2, 0.25) is 5.90 Å². The second kappa shape index (κ2) is 4.09. The highest BCUT2D eigenvalue weighted by Crippen LogP contribution is 2.26. The normalized spacial score (nSPS) is 16.4. The van der Waals surface area contributed by atoms with Crippen molar-refractivity contribution in [1.82, 2.24) is 0 Å². The van der Waals surface area contributed by atoms with Crippen molar-refractivity contribution in [3.05, 3.63) is 42.5 Å². The predicted octanol–water partition coefficient (Wildman–Crippen LogP) is 1.73. The van der Waals surface area contributed by atoms with Gasteiger partial charge >= 0.3 is 0 Å². The molecule has 4 nitrogen and oxygen atoms in total. The Morgan fingerprint density at radius 2 is 2.12 bits per heavy atom. The Labute approximate surface area is 94.3 Å². The van der Waals surface area contributed by atoms with Crippen LogP contribution in [-0.4, -0.2) is 20.9 Å². The molecule has 0 aliphatic carbocycles. The largest absolute Gasteiger partial charge is 0.476 e. The van der Waals surface area contributed by atoms with Crippen molar-refractivity contribution in [3.8, 4) is 0 Å². The van der Waals surface area contributed by atoms with Gasteiger partial charge in [0, 0.05) is 0 Å². The molecule has 1 aliphatic rings. The van der Waals surface area contributed by atoms with E-state index in [9.17, 15) is 8.42 Å². The molecular formula is C11H11NO3S. The van der Waals surface area contributed by atoms with E-state index in [0.29, 0.717) is 18.6 Å². The first-order valence-electron chi connectivity index (χ1n) is 4.83. The van der Waals surface area contributed by atoms with E-state index in [0.717, 1.165) is 0 Å². The lowest BCUT2D eigenvalue weighted by Gasteiger charge is -2.03. The second-order valence-electron chi connectivity index (χ2n) is 3.29. The Balaban J connectivity index is 2.32. The highest BCUT2D eigenvalue weighted by Gasteiger charge is 2.29. The van der Waals surface area contributed by atoms with Gasteiger partial charge < -0.3 is 4.74 Å². The van der Waals surface area contributed by atoms with Crippen LogP contribution in [0, 0.1) is 0 Å². The van der Waals surface area contributed by atoms with E-state index in [2.05, 4.69) is 11.0 Å². The van der Waals surface area contributed by atoms with Crippen LogP contribution in [0.5, 0.6) is 0 Å². The standard InChI is InChI=1S/C11H11NO3S/c1-2-3-8-15-11-9-6-4-5-7-10(9)16(13,14)12-11/h2,4-7H,1,3,8H2. The summed E-state index contributed by atoms with van der Waals surface area (Å²) in [5.74, 6) is 0.178. The lowest BCUT2D eigenvalue weighted by atomic mass is 10.2. The smallest absolute Gasteiger partial charge is 0.286 e. The zero-order chi connectivity index (χ0) is 11.6. The molecule has 0 aromatic heterocycles. The van der Waals surface area contributed by atoms with Crippen LogP contribution in [0.2, 0.25) is 0 Å². The summed E-state index contributed by atoms with van der Waals surface area (Å²) < 4.78 is 32.1. The third-order valence-electron chi connectivity index (χ3n) is 2.16. The average molecular weight is 237 g/mol. The van der Waals surface area contributed by atoms with Gasteiger partial charge in [-0.15, -0.1) is 11.0 Å². The average Bonchev–Trinajstić information content (AvgIpc) is 2.52. The van der Waals surface area contributed by atoms with Crippen molar-refractivity contribution in [3.63, 3.8) is 0 Å². The molecular weight excluding hydrogens is 226 g/mol. The molecule has 1 aromatic carbocycles. The van der Waals surface area contributed by atoms with Gasteiger partial charge in [0.25, 0.3) is 10.0 Å². The van der Waals surface area contributed by atoms with E-state index < -0.39 is 10.0 Å². The molecule has 0 bridgehead atoms. The number of nitrogens with zero attached hydrogens (tertiary/aromatic N) is 1. The summed E-state index contributed by atoms with van der Waals surface area (Å²) in [6.07, 6.45) is 2.36. The fraction of sp³-hybridized carbons (Fsp3) is 0.182. The monoisotopic (exact) mass is 237 g/mol. The topological polar surface area (TPSA) is 55.7 Å². The Hall–Kier alpha value is -1.62. The van der Waals surface area contributed by atoms with Gasteiger partial charge in [0.15, 0.2) is 0 Å². The van der Waals surface area contributed by atoms with Crippen molar-refractivity contribution in [2.24, 2.45) is 4.40 Å². The van der Waals surface area contributed by atoms with Crippen LogP contribution in [0.1, 0.15) is 12.0 Å². The van der Waals surface area contributed by atoms with Crippen LogP contribution in [0.3, 0.4) is 0 Å². The van der Waals surface area contributed by atoms with Crippen molar-refractivity contribution < 1.29 is 13.2 Å². The van der Waals surface area contributed by atoms with Gasteiger partial charge in [0.1, 0.15) is 4.90 Å². The maximum Gasteiger partial charge on any atom is 0.286 e. The van der Waals surface area contributed by atoms with E-state index in [-0.39, 0.29) is 10.8 Å². The minimum Gasteiger partial charge on any atom is -0.476 e. The van der Waals surface area contributed by atoms with Gasteiger partial charge in [-0.05, 0) is 18.6 Å². The highest BCUT2D eigenvalue weighted by molar-refractivity contribution is 7.90. The minimum absolute atomic E-state index is 0.178. The molecule has 16 heavy (non-hydrogen) atoms. The fourth-order valence-electron chi connectivity index (χ4n) is 1.42. The first kappa shape index (κ1) is 10.9. The molecule has 5 heteroatoms. The molecule has 0 saturated heterocycles. The number of hydrogen-bond donors (Lipinski definition) is 0. The summed E-state index contributed by atoms with van der Waals surface area (Å²) in [5.41, 5.74) is 0.534. The minimum atomic E-state index is -3.55. The summed E-state index contributed by atoms with van der Waals surface area (Å²) >= 11 is 0. The molecule has 0 atom stereocenters. The molecule has 0 spiro atoms. The van der Waals surface area contributed by atoms with Crippen molar-refractivity contribution in [2.75, 3.05) is 6.61 Å². The maximum atomic E-state index is 11.6. The molecule has 0 fully saturated rings. The van der Waals surface area contributed by atoms with Crippen LogP contribution in [0.15, 0.2) is 46.2 Å². The lowest BCUT2D eigenvalue weighted by molar-refractivity contribution is 0.314. The molecule has 84 valence electrons. The van der Waals surface area contributed by atoms with Gasteiger partial charge in [0.05, 0.1) is 12.2 Å². The van der Waals surface area contributed by atoms with Crippen molar-refractivity contribution >= 4 is 15.9 Å². The first-order chi connectivity index (χ1) is 7.65. The number of rotatable bonds is 3. The highest BCUT2D eigenvalue weighted by atomic mass is 32.2. The molecule has 1 aliphatic heterocycles. The molecule has 0 saturated carbocycles. The third kappa shape index (κ3) is 1.86. The van der Waals surface area contributed by atoms with Crippen LogP contribution >= 0.6 is 0 Å². The van der Waals surface area contributed by atoms with E-state index in [1.165, 1.54) is 6.07 Å². The zero-order valence-electron chi connectivity index (χ0n) is 8.59. The summed E-state index contributed by atoms with van der Waals surface area (Å²) in [6, 6.07) is 6.63. The molecule has 0 amide bonds. The molecule has 2 rings (SSSR count). The third-order valence-corrected chi connectivity index (χ3v) is 3.48. The second-order valence-corrected chi connectivity index (χ2v) is 4.87. The number of hydrogen-bond acceptors (Lipinski definition) is 3. The van der Waals surface area contributed by atoms with Crippen LogP contribution in [-0.2, 0) is 14.8 Å². The maximum absolute atomic E-state index is 11.6. The number of sulfonamides is 1. The van der Waals surface area contributed by atoms with Crippen molar-refractivity contribution in [2.45, 2.75) is 11.3 Å². The van der Waals surface area contributed by atoms with Gasteiger partial charge in [-0.25, -0.2) is 0 Å². The summed E-state index contributed by atoms with van der Waals surface area (Å²) in [6.45, 7) is 3.94. The summed E-state index contributed by atoms with van der Waals surface area (Å²) in [5, 5.41) is 0. The molecule has 0 unspecified atom stereocenters. The molecule has 0 radical (unpaired) electrons. The summed E-state index contributed by atoms with van der Waals surface area (Å²) in [4.78, 5) is 0.212. The van der Waals surface area contributed by atoms with Crippen LogP contribution in [0.4, 0.5) is 0 Å². The predicted molar refractivity (Wildman–Crippen MR) is 60.9 cm³/mol. The fourth-order valence-corrected chi connectivity index (χ4v) is 2.57. The number of ether oxygens (including phenoxy) is 1. The lowest BCUT2D eigenvalue weighted by Crippen LogP contribution is -2.04. The Morgan fingerprint density at radius 1 is 1.38 bits per heavy atom. The summed E-state index contributed by atoms with van der Waals surface area (Å²) in [7, 11) is -3.55. The Bertz CT molecular complexity index is 546. The van der Waals surface area contributed by atoms with Crippen LogP contribution < -0.4 is 0 Å². The van der Waals surface area contributed by atoms with Crippen LogP contribution in [0.25, 0.3) is 0 Å². The van der Waals surface area contributed by atoms with Gasteiger partial charge in [-0.2, -0.15) is 8.42 Å². The zero-order valence-corrected chi connectivity index (χ0v) is 9.40. The van der Waals surface area contributed by atoms with Gasteiger partial charge in [-0.1, -0.05) is 18.2 Å². The van der Waals surface area contributed by atoms with E-state index in [1.54, 1.807) is 24.3 Å². The molecule has 0 N–H and O–H groups in total. The number of benzene rings is 1. The number of fused-ring (bicyclic) bond motifs is 1. The van der Waals surface area contributed by atoms with E-state index >= 15 is 0 Å². The SMILES string of the molecule is C=CCCOC1=NS(=O)(=O)c2ccccc21. The Morgan fingerprint density at radius 3 is 2.88 bits per heavy atom. The van der Waals surface area contributed by atoms with E-state index in [4.69, 9.17) is 4.74 Å². The van der Waals surface area contributed by atoms with Crippen molar-refractivity contribution in [1.29, 1.82) is 0 Å². The molecule has 1 heterocycles. The van der Waals surface area contributed by atoms with E-state index in [1.807, 2.05) is 0 Å². The quantitative estimate of drug-likeness (QED) is 0.594. The first-order valence-corrected chi connectivity index (χ1v) is 6.27. The van der Waals surface area contributed by atoms with Gasteiger partial charge in [-0.3, -0.25) is 0 Å².